The van der Waals surface area contributed by atoms with Crippen molar-refractivity contribution in [3.63, 3.8) is 0 Å². The van der Waals surface area contributed by atoms with E-state index in [2.05, 4.69) is 9.97 Å². The number of nitrogens with two attached hydrogens (primary N) is 1. The van der Waals surface area contributed by atoms with Crippen LogP contribution in [0.1, 0.15) is 17.0 Å². The molecule has 82 valence electrons. The molecule has 2 rings (SSSR count). The first-order valence-electron chi connectivity index (χ1n) is 5.25. The van der Waals surface area contributed by atoms with Crippen LogP contribution in [0.5, 0.6) is 0 Å². The van der Waals surface area contributed by atoms with E-state index < -0.39 is 0 Å². The number of aryl methyl sites for hydroxylation is 3. The van der Waals surface area contributed by atoms with Gasteiger partial charge >= 0.3 is 0 Å². The lowest BCUT2D eigenvalue weighted by Gasteiger charge is -2.05. The van der Waals surface area contributed by atoms with Crippen molar-refractivity contribution in [3.8, 4) is 11.4 Å². The molecule has 16 heavy (non-hydrogen) atoms. The third-order valence-electron chi connectivity index (χ3n) is 2.52. The Morgan fingerprint density at radius 3 is 2.12 bits per heavy atom. The molecule has 2 aromatic rings. The van der Waals surface area contributed by atoms with E-state index in [-0.39, 0.29) is 0 Å². The van der Waals surface area contributed by atoms with Gasteiger partial charge in [-0.1, -0.05) is 12.1 Å². The van der Waals surface area contributed by atoms with Crippen molar-refractivity contribution in [2.45, 2.75) is 20.8 Å². The molecular weight excluding hydrogens is 198 g/mol. The fourth-order valence-electron chi connectivity index (χ4n) is 1.63. The zero-order chi connectivity index (χ0) is 11.7. The number of benzene rings is 1. The number of anilines is 1. The van der Waals surface area contributed by atoms with Gasteiger partial charge in [0.15, 0.2) is 5.82 Å². The standard InChI is InChI=1S/C13H15N3/c1-8-4-5-11(7-12(8)14)13-15-9(2)6-10(3)16-13/h4-7H,14H2,1-3H3. The molecular formula is C13H15N3. The second-order valence-corrected chi connectivity index (χ2v) is 4.05. The van der Waals surface area contributed by atoms with Gasteiger partial charge in [-0.05, 0) is 38.5 Å². The number of nitrogens with zero attached hydrogens (tertiary/aromatic N) is 2. The molecule has 0 unspecified atom stereocenters. The van der Waals surface area contributed by atoms with Gasteiger partial charge in [0.2, 0.25) is 0 Å². The topological polar surface area (TPSA) is 51.8 Å². The molecule has 0 aliphatic carbocycles. The predicted molar refractivity (Wildman–Crippen MR) is 66.1 cm³/mol. The summed E-state index contributed by atoms with van der Waals surface area (Å²) in [5, 5.41) is 0. The number of aromatic nitrogens is 2. The minimum Gasteiger partial charge on any atom is -0.398 e. The molecule has 3 heteroatoms. The lowest BCUT2D eigenvalue weighted by Crippen LogP contribution is -1.96. The average molecular weight is 213 g/mol. The first-order chi connectivity index (χ1) is 7.56. The lowest BCUT2D eigenvalue weighted by molar-refractivity contribution is 1.06. The van der Waals surface area contributed by atoms with Crippen LogP contribution >= 0.6 is 0 Å². The van der Waals surface area contributed by atoms with E-state index in [4.69, 9.17) is 5.73 Å². The second kappa shape index (κ2) is 3.93. The normalized spacial score (nSPS) is 10.4. The van der Waals surface area contributed by atoms with E-state index in [1.165, 1.54) is 0 Å². The third-order valence-corrected chi connectivity index (χ3v) is 2.52. The van der Waals surface area contributed by atoms with E-state index in [0.29, 0.717) is 0 Å². The Kier molecular flexibility index (Phi) is 2.60. The van der Waals surface area contributed by atoms with Crippen molar-refractivity contribution in [2.24, 2.45) is 0 Å². The van der Waals surface area contributed by atoms with Crippen LogP contribution in [0.4, 0.5) is 5.69 Å². The molecule has 0 amide bonds. The number of rotatable bonds is 1. The van der Waals surface area contributed by atoms with Gasteiger partial charge in [-0.2, -0.15) is 0 Å². The Morgan fingerprint density at radius 1 is 0.938 bits per heavy atom. The first kappa shape index (κ1) is 10.6. The van der Waals surface area contributed by atoms with Crippen LogP contribution in [0.25, 0.3) is 11.4 Å². The predicted octanol–water partition coefficient (Wildman–Crippen LogP) is 2.65. The minimum atomic E-state index is 0.740. The molecule has 0 spiro atoms. The molecule has 0 aliphatic rings. The smallest absolute Gasteiger partial charge is 0.159 e. The van der Waals surface area contributed by atoms with Gasteiger partial charge in [0.1, 0.15) is 0 Å². The van der Waals surface area contributed by atoms with Gasteiger partial charge in [-0.15, -0.1) is 0 Å². The summed E-state index contributed by atoms with van der Waals surface area (Å²) in [6.45, 7) is 5.92. The highest BCUT2D eigenvalue weighted by Crippen LogP contribution is 2.21. The van der Waals surface area contributed by atoms with Gasteiger partial charge in [0.25, 0.3) is 0 Å². The SMILES string of the molecule is Cc1cc(C)nc(-c2ccc(C)c(N)c2)n1. The zero-order valence-electron chi connectivity index (χ0n) is 9.78. The maximum Gasteiger partial charge on any atom is 0.159 e. The Bertz CT molecular complexity index is 512. The molecule has 2 N–H and O–H groups in total. The summed E-state index contributed by atoms with van der Waals surface area (Å²) in [5.41, 5.74) is 10.6. The van der Waals surface area contributed by atoms with Crippen molar-refractivity contribution in [2.75, 3.05) is 5.73 Å². The van der Waals surface area contributed by atoms with Crippen molar-refractivity contribution >= 4 is 5.69 Å². The molecule has 1 heterocycles. The van der Waals surface area contributed by atoms with Gasteiger partial charge in [0.05, 0.1) is 0 Å². The second-order valence-electron chi connectivity index (χ2n) is 4.05. The first-order valence-corrected chi connectivity index (χ1v) is 5.25. The van der Waals surface area contributed by atoms with Crippen molar-refractivity contribution < 1.29 is 0 Å². The number of hydrogen-bond donors (Lipinski definition) is 1. The molecule has 0 saturated carbocycles. The van der Waals surface area contributed by atoms with Crippen molar-refractivity contribution in [3.05, 3.63) is 41.2 Å². The maximum atomic E-state index is 5.88. The number of nitrogen functional groups attached to an aromatic ring is 1. The molecule has 0 aliphatic heterocycles. The van der Waals surface area contributed by atoms with Crippen molar-refractivity contribution in [1.29, 1.82) is 0 Å². The Hall–Kier alpha value is -1.90. The van der Waals surface area contributed by atoms with Gasteiger partial charge in [-0.25, -0.2) is 9.97 Å². The van der Waals surface area contributed by atoms with Crippen molar-refractivity contribution in [1.82, 2.24) is 9.97 Å². The van der Waals surface area contributed by atoms with E-state index >= 15 is 0 Å². The summed E-state index contributed by atoms with van der Waals surface area (Å²) >= 11 is 0. The fraction of sp³-hybridized carbons (Fsp3) is 0.231. The molecule has 1 aromatic heterocycles. The Labute approximate surface area is 95.4 Å². The maximum absolute atomic E-state index is 5.88. The molecule has 3 nitrogen and oxygen atoms in total. The summed E-state index contributed by atoms with van der Waals surface area (Å²) in [6.07, 6.45) is 0. The highest BCUT2D eigenvalue weighted by Gasteiger charge is 2.04. The Balaban J connectivity index is 2.54. The molecule has 0 bridgehead atoms. The van der Waals surface area contributed by atoms with Crippen LogP contribution < -0.4 is 5.73 Å². The minimum absolute atomic E-state index is 0.740. The average Bonchev–Trinajstić information content (AvgIpc) is 2.20. The summed E-state index contributed by atoms with van der Waals surface area (Å²) in [7, 11) is 0. The fourth-order valence-corrected chi connectivity index (χ4v) is 1.63. The van der Waals surface area contributed by atoms with E-state index in [1.807, 2.05) is 45.0 Å². The van der Waals surface area contributed by atoms with Crippen LogP contribution in [0.3, 0.4) is 0 Å². The quantitative estimate of drug-likeness (QED) is 0.741. The van der Waals surface area contributed by atoms with Gasteiger partial charge in [0, 0.05) is 22.6 Å². The highest BCUT2D eigenvalue weighted by molar-refractivity contribution is 5.63. The molecule has 0 radical (unpaired) electrons. The molecule has 0 atom stereocenters. The van der Waals surface area contributed by atoms with Gasteiger partial charge in [-0.3, -0.25) is 0 Å². The van der Waals surface area contributed by atoms with Crippen LogP contribution in [-0.2, 0) is 0 Å². The third kappa shape index (κ3) is 2.03. The van der Waals surface area contributed by atoms with E-state index in [0.717, 1.165) is 34.0 Å². The Morgan fingerprint density at radius 2 is 1.56 bits per heavy atom. The van der Waals surface area contributed by atoms with E-state index in [1.54, 1.807) is 0 Å². The van der Waals surface area contributed by atoms with Gasteiger partial charge < -0.3 is 5.73 Å². The molecule has 0 fully saturated rings. The molecule has 0 saturated heterocycles. The van der Waals surface area contributed by atoms with Crippen LogP contribution in [0, 0.1) is 20.8 Å². The summed E-state index contributed by atoms with van der Waals surface area (Å²) in [5.74, 6) is 0.740. The summed E-state index contributed by atoms with van der Waals surface area (Å²) < 4.78 is 0. The largest absolute Gasteiger partial charge is 0.398 e. The zero-order valence-corrected chi connectivity index (χ0v) is 9.78. The lowest BCUT2D eigenvalue weighted by atomic mass is 10.1. The molecule has 1 aromatic carbocycles. The summed E-state index contributed by atoms with van der Waals surface area (Å²) in [4.78, 5) is 8.82. The number of hydrogen-bond acceptors (Lipinski definition) is 3. The monoisotopic (exact) mass is 213 g/mol. The summed E-state index contributed by atoms with van der Waals surface area (Å²) in [6, 6.07) is 7.87. The highest BCUT2D eigenvalue weighted by atomic mass is 14.9. The van der Waals surface area contributed by atoms with Crippen LogP contribution in [0.2, 0.25) is 0 Å². The van der Waals surface area contributed by atoms with Crippen LogP contribution in [0.15, 0.2) is 24.3 Å². The van der Waals surface area contributed by atoms with E-state index in [9.17, 15) is 0 Å². The van der Waals surface area contributed by atoms with Crippen LogP contribution in [-0.4, -0.2) is 9.97 Å².